The topological polar surface area (TPSA) is 42.7 Å². The summed E-state index contributed by atoms with van der Waals surface area (Å²) < 4.78 is 19.4. The lowest BCUT2D eigenvalue weighted by Gasteiger charge is -2.26. The Balaban J connectivity index is 0.988. The van der Waals surface area contributed by atoms with E-state index in [0.29, 0.717) is 0 Å². The van der Waals surface area contributed by atoms with E-state index in [1.165, 1.54) is 0 Å². The monoisotopic (exact) mass is 717 g/mol. The number of nitrogens with zero attached hydrogens (tertiary/aromatic N) is 1. The van der Waals surface area contributed by atoms with E-state index in [2.05, 4.69) is 169 Å². The fraction of sp³-hybridized carbons (Fsp3) is 0. The van der Waals surface area contributed by atoms with E-state index < -0.39 is 0 Å². The summed E-state index contributed by atoms with van der Waals surface area (Å²) in [6.45, 7) is 0. The highest BCUT2D eigenvalue weighted by Gasteiger charge is 2.21. The molecule has 3 aromatic heterocycles. The molecule has 0 aliphatic heterocycles. The molecule has 0 atom stereocenters. The van der Waals surface area contributed by atoms with Crippen molar-refractivity contribution < 1.29 is 13.3 Å². The van der Waals surface area contributed by atoms with Crippen molar-refractivity contribution in [3.8, 4) is 22.3 Å². The van der Waals surface area contributed by atoms with Gasteiger partial charge in [0.1, 0.15) is 27.9 Å². The van der Waals surface area contributed by atoms with Crippen LogP contribution in [-0.2, 0) is 0 Å². The molecule has 0 N–H and O–H groups in total. The van der Waals surface area contributed by atoms with Gasteiger partial charge in [-0.3, -0.25) is 0 Å². The van der Waals surface area contributed by atoms with Gasteiger partial charge in [-0.2, -0.15) is 0 Å². The van der Waals surface area contributed by atoms with Crippen LogP contribution >= 0.6 is 0 Å². The van der Waals surface area contributed by atoms with E-state index in [4.69, 9.17) is 13.3 Å². The Hall–Kier alpha value is -7.56. The van der Waals surface area contributed by atoms with Crippen molar-refractivity contribution in [2.45, 2.75) is 0 Å². The quantitative estimate of drug-likeness (QED) is 0.178. The number of para-hydroxylation sites is 3. The first kappa shape index (κ1) is 30.9. The van der Waals surface area contributed by atoms with Gasteiger partial charge in [-0.05, 0) is 100 Å². The molecule has 56 heavy (non-hydrogen) atoms. The number of anilines is 3. The van der Waals surface area contributed by atoms with Crippen molar-refractivity contribution in [2.24, 2.45) is 0 Å². The molecule has 0 unspecified atom stereocenters. The molecule has 0 amide bonds. The van der Waals surface area contributed by atoms with Gasteiger partial charge in [0.25, 0.3) is 0 Å². The second-order valence-corrected chi connectivity index (χ2v) is 14.5. The van der Waals surface area contributed by atoms with Gasteiger partial charge in [0.2, 0.25) is 0 Å². The van der Waals surface area contributed by atoms with Crippen LogP contribution in [0.1, 0.15) is 0 Å². The summed E-state index contributed by atoms with van der Waals surface area (Å²) in [5, 5.41) is 8.97. The lowest BCUT2D eigenvalue weighted by Crippen LogP contribution is -2.10. The van der Waals surface area contributed by atoms with Crippen LogP contribution in [0.25, 0.3) is 98.8 Å². The fourth-order valence-electron chi connectivity index (χ4n) is 8.53. The first-order valence-electron chi connectivity index (χ1n) is 18.9. The van der Waals surface area contributed by atoms with Crippen LogP contribution in [0.5, 0.6) is 0 Å². The van der Waals surface area contributed by atoms with Crippen LogP contribution in [0, 0.1) is 0 Å². The Morgan fingerprint density at radius 2 is 0.750 bits per heavy atom. The molecule has 0 radical (unpaired) electrons. The molecule has 0 bridgehead atoms. The zero-order valence-corrected chi connectivity index (χ0v) is 30.1. The zero-order chi connectivity index (χ0) is 36.7. The van der Waals surface area contributed by atoms with Gasteiger partial charge in [0.05, 0.1) is 5.69 Å². The smallest absolute Gasteiger partial charge is 0.159 e. The average Bonchev–Trinajstić information content (AvgIpc) is 3.95. The van der Waals surface area contributed by atoms with Gasteiger partial charge in [0, 0.05) is 49.1 Å². The molecule has 0 spiro atoms. The van der Waals surface area contributed by atoms with Crippen molar-refractivity contribution in [1.29, 1.82) is 0 Å². The minimum atomic E-state index is 0.845. The maximum Gasteiger partial charge on any atom is 0.159 e. The molecule has 0 aliphatic rings. The number of hydrogen-bond donors (Lipinski definition) is 0. The number of furan rings is 3. The SMILES string of the molecule is c1ccc2c(c1)ccc1c3cccc(N(c4ccc(-c5ccc6c(c5)oc5ccccc56)cc4)c4ccc(-c5ccc6c(c5)oc5ccccc56)cc4)c3oc21. The Kier molecular flexibility index (Phi) is 6.60. The predicted molar refractivity (Wildman–Crippen MR) is 231 cm³/mol. The minimum Gasteiger partial charge on any atom is -0.456 e. The largest absolute Gasteiger partial charge is 0.456 e. The summed E-state index contributed by atoms with van der Waals surface area (Å²) in [6, 6.07) is 66.1. The normalized spacial score (nSPS) is 11.9. The van der Waals surface area contributed by atoms with E-state index in [-0.39, 0.29) is 0 Å². The van der Waals surface area contributed by atoms with Gasteiger partial charge in [-0.1, -0.05) is 115 Å². The maximum absolute atomic E-state index is 6.88. The molecule has 0 saturated heterocycles. The molecule has 262 valence electrons. The van der Waals surface area contributed by atoms with E-state index >= 15 is 0 Å². The summed E-state index contributed by atoms with van der Waals surface area (Å²) in [7, 11) is 0. The number of rotatable bonds is 5. The molecule has 3 heterocycles. The number of fused-ring (bicyclic) bond motifs is 11. The molecular formula is C52H31NO3. The molecule has 0 saturated carbocycles. The molecular weight excluding hydrogens is 687 g/mol. The van der Waals surface area contributed by atoms with Crippen molar-refractivity contribution >= 4 is 93.7 Å². The predicted octanol–water partition coefficient (Wildman–Crippen LogP) is 15.3. The third kappa shape index (κ3) is 4.73. The second kappa shape index (κ2) is 12.0. The molecule has 4 nitrogen and oxygen atoms in total. The third-order valence-electron chi connectivity index (χ3n) is 11.3. The highest BCUT2D eigenvalue weighted by Crippen LogP contribution is 2.44. The van der Waals surface area contributed by atoms with Crippen LogP contribution in [0.2, 0.25) is 0 Å². The number of hydrogen-bond acceptors (Lipinski definition) is 4. The Morgan fingerprint density at radius 1 is 0.286 bits per heavy atom. The summed E-state index contributed by atoms with van der Waals surface area (Å²) in [4.78, 5) is 2.30. The van der Waals surface area contributed by atoms with Gasteiger partial charge >= 0.3 is 0 Å². The lowest BCUT2D eigenvalue weighted by atomic mass is 10.0. The van der Waals surface area contributed by atoms with Crippen molar-refractivity contribution in [3.63, 3.8) is 0 Å². The molecule has 9 aromatic carbocycles. The van der Waals surface area contributed by atoms with Crippen LogP contribution in [0.4, 0.5) is 17.1 Å². The molecule has 4 heteroatoms. The molecule has 12 rings (SSSR count). The number of benzene rings is 9. The summed E-state index contributed by atoms with van der Waals surface area (Å²) in [5.74, 6) is 0. The Labute approximate surface area is 321 Å². The van der Waals surface area contributed by atoms with Crippen molar-refractivity contribution in [3.05, 3.63) is 188 Å². The third-order valence-corrected chi connectivity index (χ3v) is 11.3. The zero-order valence-electron chi connectivity index (χ0n) is 30.1. The van der Waals surface area contributed by atoms with E-state index in [9.17, 15) is 0 Å². The van der Waals surface area contributed by atoms with Gasteiger partial charge in [-0.25, -0.2) is 0 Å². The molecule has 0 fully saturated rings. The average molecular weight is 718 g/mol. The van der Waals surface area contributed by atoms with E-state index in [1.54, 1.807) is 0 Å². The first-order chi connectivity index (χ1) is 27.7. The summed E-state index contributed by atoms with van der Waals surface area (Å²) in [5.41, 5.74) is 12.8. The highest BCUT2D eigenvalue weighted by atomic mass is 16.3. The van der Waals surface area contributed by atoms with Crippen LogP contribution in [0.15, 0.2) is 201 Å². The van der Waals surface area contributed by atoms with Crippen molar-refractivity contribution in [2.75, 3.05) is 4.90 Å². The standard InChI is InChI=1S/C52H31NO3/c1-2-9-39-34(8-1)20-29-45-44-12-7-13-46(52(44)56-51(39)45)53(37-23-16-32(17-24-37)35-21-27-42-40-10-3-5-14-47(40)54-49(42)30-35)38-25-18-33(19-26-38)36-22-28-43-41-11-4-6-15-48(41)55-50(43)31-36/h1-31H. The van der Waals surface area contributed by atoms with Crippen LogP contribution < -0.4 is 4.90 Å². The van der Waals surface area contributed by atoms with E-state index in [1.807, 2.05) is 24.3 Å². The minimum absolute atomic E-state index is 0.845. The molecule has 12 aromatic rings. The van der Waals surface area contributed by atoms with Crippen LogP contribution in [0.3, 0.4) is 0 Å². The van der Waals surface area contributed by atoms with Gasteiger partial charge in [-0.15, -0.1) is 0 Å². The fourth-order valence-corrected chi connectivity index (χ4v) is 8.53. The lowest BCUT2D eigenvalue weighted by molar-refractivity contribution is 0.668. The Morgan fingerprint density at radius 3 is 1.36 bits per heavy atom. The summed E-state index contributed by atoms with van der Waals surface area (Å²) >= 11 is 0. The summed E-state index contributed by atoms with van der Waals surface area (Å²) in [6.07, 6.45) is 0. The van der Waals surface area contributed by atoms with Crippen molar-refractivity contribution in [1.82, 2.24) is 0 Å². The van der Waals surface area contributed by atoms with E-state index in [0.717, 1.165) is 116 Å². The highest BCUT2D eigenvalue weighted by molar-refractivity contribution is 6.17. The van der Waals surface area contributed by atoms with Gasteiger partial charge in [0.15, 0.2) is 5.58 Å². The van der Waals surface area contributed by atoms with Gasteiger partial charge < -0.3 is 18.2 Å². The first-order valence-corrected chi connectivity index (χ1v) is 18.9. The second-order valence-electron chi connectivity index (χ2n) is 14.5. The van der Waals surface area contributed by atoms with Crippen LogP contribution in [-0.4, -0.2) is 0 Å². The Bertz CT molecular complexity index is 3320. The maximum atomic E-state index is 6.88. The molecule has 0 aliphatic carbocycles.